The van der Waals surface area contributed by atoms with Gasteiger partial charge in [-0.1, -0.05) is 49.0 Å². The number of aliphatic hydroxyl groups excluding tert-OH is 4. The molecule has 218 valence electrons. The molecule has 0 amide bonds. The molecule has 0 spiro atoms. The average Bonchev–Trinajstić information content (AvgIpc) is 2.93. The third kappa shape index (κ3) is 8.40. The van der Waals surface area contributed by atoms with E-state index in [2.05, 4.69) is 17.1 Å². The van der Waals surface area contributed by atoms with Gasteiger partial charge in [-0.2, -0.15) is 0 Å². The number of rotatable bonds is 12. The normalized spacial score (nSPS) is 26.2. The first-order valence-electron chi connectivity index (χ1n) is 13.2. The van der Waals surface area contributed by atoms with Crippen molar-refractivity contribution in [3.8, 4) is 17.4 Å². The van der Waals surface area contributed by atoms with Gasteiger partial charge in [-0.05, 0) is 46.6 Å². The fraction of sp³-hybridized carbons (Fsp3) is 0.567. The molecule has 0 radical (unpaired) electrons. The summed E-state index contributed by atoms with van der Waals surface area (Å²) in [5.74, 6) is 0.754. The second-order valence-corrected chi connectivity index (χ2v) is 9.96. The van der Waals surface area contributed by atoms with Gasteiger partial charge in [-0.3, -0.25) is 0 Å². The van der Waals surface area contributed by atoms with Crippen LogP contribution in [0, 0.1) is 12.8 Å². The zero-order chi connectivity index (χ0) is 29.3. The summed E-state index contributed by atoms with van der Waals surface area (Å²) in [4.78, 5) is 4.59. The van der Waals surface area contributed by atoms with Crippen molar-refractivity contribution in [3.63, 3.8) is 0 Å². The van der Waals surface area contributed by atoms with Gasteiger partial charge in [0.15, 0.2) is 5.75 Å². The Morgan fingerprint density at radius 1 is 1.05 bits per heavy atom. The van der Waals surface area contributed by atoms with Crippen LogP contribution in [0.3, 0.4) is 0 Å². The number of hydrogen-bond donors (Lipinski definition) is 4. The van der Waals surface area contributed by atoms with Crippen molar-refractivity contribution in [2.24, 2.45) is 5.92 Å². The van der Waals surface area contributed by atoms with Gasteiger partial charge in [-0.25, -0.2) is 4.98 Å². The summed E-state index contributed by atoms with van der Waals surface area (Å²) in [6.45, 7) is 11.3. The highest BCUT2D eigenvalue weighted by molar-refractivity contribution is 5.54. The number of nitrogens with zero attached hydrogens (tertiary/aromatic N) is 1. The summed E-state index contributed by atoms with van der Waals surface area (Å²) >= 11 is 0. The fourth-order valence-electron chi connectivity index (χ4n) is 4.16. The van der Waals surface area contributed by atoms with Crippen molar-refractivity contribution < 1.29 is 39.4 Å². The molecule has 1 fully saturated rings. The smallest absolute Gasteiger partial charge is 0.261 e. The molecule has 2 rings (SSSR count). The minimum atomic E-state index is -1.47. The molecule has 0 bridgehead atoms. The van der Waals surface area contributed by atoms with Crippen LogP contribution in [0.5, 0.6) is 17.4 Å². The van der Waals surface area contributed by atoms with E-state index in [1.54, 1.807) is 6.92 Å². The third-order valence-electron chi connectivity index (χ3n) is 7.02. The van der Waals surface area contributed by atoms with E-state index in [1.165, 1.54) is 14.2 Å². The minimum Gasteiger partial charge on any atom is -0.489 e. The number of pyridine rings is 1. The average molecular weight is 548 g/mol. The maximum Gasteiger partial charge on any atom is 0.261 e. The van der Waals surface area contributed by atoms with Crippen LogP contribution in [0.1, 0.15) is 52.3 Å². The molecular formula is C30H45NO8. The highest BCUT2D eigenvalue weighted by atomic mass is 16.7. The van der Waals surface area contributed by atoms with Crippen molar-refractivity contribution in [2.75, 3.05) is 14.2 Å². The Morgan fingerprint density at radius 2 is 1.74 bits per heavy atom. The van der Waals surface area contributed by atoms with E-state index < -0.39 is 36.8 Å². The maximum absolute atomic E-state index is 10.4. The highest BCUT2D eigenvalue weighted by Gasteiger charge is 2.43. The molecule has 4 N–H and O–H groups in total. The van der Waals surface area contributed by atoms with Crippen LogP contribution in [0.15, 0.2) is 47.6 Å². The Balaban J connectivity index is 2.17. The lowest BCUT2D eigenvalue weighted by atomic mass is 9.98. The number of aliphatic hydroxyl groups is 4. The summed E-state index contributed by atoms with van der Waals surface area (Å²) < 4.78 is 22.6. The molecule has 9 heteroatoms. The topological polar surface area (TPSA) is 131 Å². The second-order valence-electron chi connectivity index (χ2n) is 9.96. The van der Waals surface area contributed by atoms with Crippen LogP contribution in [0.4, 0.5) is 0 Å². The lowest BCUT2D eigenvalue weighted by Crippen LogP contribution is -2.58. The number of methoxy groups -OCH3 is 2. The molecule has 2 heterocycles. The summed E-state index contributed by atoms with van der Waals surface area (Å²) in [6.07, 6.45) is 6.59. The van der Waals surface area contributed by atoms with E-state index in [0.29, 0.717) is 17.7 Å². The lowest BCUT2D eigenvalue weighted by Gasteiger charge is -2.39. The van der Waals surface area contributed by atoms with Crippen molar-refractivity contribution in [2.45, 2.75) is 91.2 Å². The molecule has 1 unspecified atom stereocenters. The fourth-order valence-corrected chi connectivity index (χ4v) is 4.16. The molecule has 9 nitrogen and oxygen atoms in total. The summed E-state index contributed by atoms with van der Waals surface area (Å²) in [7, 11) is 2.93. The lowest BCUT2D eigenvalue weighted by molar-refractivity contribution is -0.268. The molecule has 1 saturated heterocycles. The largest absolute Gasteiger partial charge is 0.489 e. The van der Waals surface area contributed by atoms with E-state index in [1.807, 2.05) is 58.9 Å². The number of aromatic nitrogens is 1. The first-order valence-corrected chi connectivity index (χ1v) is 13.2. The first kappa shape index (κ1) is 32.5. The van der Waals surface area contributed by atoms with Crippen LogP contribution in [-0.4, -0.2) is 76.4 Å². The van der Waals surface area contributed by atoms with Gasteiger partial charge in [0.1, 0.15) is 18.3 Å². The van der Waals surface area contributed by atoms with Gasteiger partial charge in [0.05, 0.1) is 32.1 Å². The first-order chi connectivity index (χ1) is 18.5. The Kier molecular flexibility index (Phi) is 12.7. The maximum atomic E-state index is 10.4. The van der Waals surface area contributed by atoms with Gasteiger partial charge >= 0.3 is 0 Å². The molecule has 1 aromatic rings. The number of ether oxygens (including phenoxy) is 4. The molecule has 0 aliphatic carbocycles. The van der Waals surface area contributed by atoms with Gasteiger partial charge in [0.25, 0.3) is 5.88 Å². The standard InChI is InChI=1S/C30H45NO8/c1-9-18(3)23(32)19(4)14-12-10-11-13-17(2)15-16-22-20(5)27(28(36-7)29(31-22)37-8)39-30-26(35)25(34)24(33)21(6)38-30/h9-12,14-15,19,21,23-26,30,32-35H,13,16H2,1-8H3/b11-10+,14-12+,17-15+,18-9+/t19-,21-,23+,24-,25+,26+,30?/m0/s1. The monoisotopic (exact) mass is 547 g/mol. The van der Waals surface area contributed by atoms with Crippen molar-refractivity contribution in [1.29, 1.82) is 0 Å². The molecule has 1 aliphatic rings. The van der Waals surface area contributed by atoms with Gasteiger partial charge in [0.2, 0.25) is 12.0 Å². The van der Waals surface area contributed by atoms with Crippen LogP contribution in [0.25, 0.3) is 0 Å². The highest BCUT2D eigenvalue weighted by Crippen LogP contribution is 2.41. The number of allylic oxidation sites excluding steroid dienone is 6. The van der Waals surface area contributed by atoms with Gasteiger partial charge < -0.3 is 39.4 Å². The number of hydrogen-bond acceptors (Lipinski definition) is 9. The summed E-state index contributed by atoms with van der Waals surface area (Å²) in [5, 5.41) is 40.9. The second kappa shape index (κ2) is 15.2. The summed E-state index contributed by atoms with van der Waals surface area (Å²) in [5.41, 5.74) is 3.44. The third-order valence-corrected chi connectivity index (χ3v) is 7.02. The van der Waals surface area contributed by atoms with Crippen LogP contribution in [0.2, 0.25) is 0 Å². The van der Waals surface area contributed by atoms with Crippen molar-refractivity contribution >= 4 is 0 Å². The van der Waals surface area contributed by atoms with Crippen molar-refractivity contribution in [3.05, 3.63) is 58.9 Å². The zero-order valence-electron chi connectivity index (χ0n) is 24.3. The van der Waals surface area contributed by atoms with Crippen LogP contribution in [-0.2, 0) is 11.2 Å². The Bertz CT molecular complexity index is 1060. The molecule has 0 aromatic carbocycles. The van der Waals surface area contributed by atoms with E-state index in [0.717, 1.165) is 17.6 Å². The minimum absolute atomic E-state index is 0.0228. The summed E-state index contributed by atoms with van der Waals surface area (Å²) in [6, 6.07) is 0. The quantitative estimate of drug-likeness (QED) is 0.229. The van der Waals surface area contributed by atoms with E-state index >= 15 is 0 Å². The zero-order valence-corrected chi connectivity index (χ0v) is 24.3. The predicted molar refractivity (Wildman–Crippen MR) is 150 cm³/mol. The molecule has 0 saturated carbocycles. The Labute approximate surface area is 232 Å². The van der Waals surface area contributed by atoms with E-state index in [9.17, 15) is 20.4 Å². The molecule has 39 heavy (non-hydrogen) atoms. The van der Waals surface area contributed by atoms with Crippen molar-refractivity contribution in [1.82, 2.24) is 4.98 Å². The molecule has 1 aliphatic heterocycles. The predicted octanol–water partition coefficient (Wildman–Crippen LogP) is 3.57. The molecule has 1 aromatic heterocycles. The van der Waals surface area contributed by atoms with E-state index in [4.69, 9.17) is 18.9 Å². The SMILES string of the molecule is C/C=C(\C)[C@@H](O)[C@@H](C)/C=C/C=C/C/C(C)=C/Cc1nc(OC)c(OC)c(OC2O[C@@H](C)[C@H](O)[C@@H](O)[C@H]2O)c1C. The van der Waals surface area contributed by atoms with Gasteiger partial charge in [-0.15, -0.1) is 0 Å². The Morgan fingerprint density at radius 3 is 2.36 bits per heavy atom. The van der Waals surface area contributed by atoms with Crippen LogP contribution < -0.4 is 14.2 Å². The van der Waals surface area contributed by atoms with E-state index in [-0.39, 0.29) is 23.3 Å². The van der Waals surface area contributed by atoms with Gasteiger partial charge in [0, 0.05) is 17.9 Å². The molecule has 7 atom stereocenters. The Hall–Kier alpha value is -2.69. The molecular weight excluding hydrogens is 502 g/mol. The van der Waals surface area contributed by atoms with Crippen LogP contribution >= 0.6 is 0 Å².